The van der Waals surface area contributed by atoms with Gasteiger partial charge in [0.2, 0.25) is 11.5 Å². The maximum Gasteiger partial charge on any atom is 0.257 e. The number of alkyl halides is 2. The number of pyridine rings is 2. The molecule has 1 amide bonds. The Hall–Kier alpha value is -3.80. The van der Waals surface area contributed by atoms with Gasteiger partial charge in [-0.15, -0.1) is 0 Å². The number of halogens is 5. The highest BCUT2D eigenvalue weighted by molar-refractivity contribution is 5.93. The Morgan fingerprint density at radius 3 is 2.64 bits per heavy atom. The van der Waals surface area contributed by atoms with E-state index >= 15 is 0 Å². The van der Waals surface area contributed by atoms with Gasteiger partial charge in [0.1, 0.15) is 11.6 Å². The molecule has 3 heterocycles. The van der Waals surface area contributed by atoms with Crippen molar-refractivity contribution in [1.29, 1.82) is 0 Å². The van der Waals surface area contributed by atoms with E-state index in [9.17, 15) is 31.5 Å². The molecule has 4 rings (SSSR count). The zero-order valence-electron chi connectivity index (χ0n) is 18.9. The number of piperidine rings is 1. The number of carbonyl (C=O) groups is 1. The van der Waals surface area contributed by atoms with Crippen molar-refractivity contribution in [2.75, 3.05) is 18.4 Å². The van der Waals surface area contributed by atoms with Crippen molar-refractivity contribution >= 4 is 11.7 Å². The quantitative estimate of drug-likeness (QED) is 0.481. The van der Waals surface area contributed by atoms with Gasteiger partial charge in [-0.1, -0.05) is 6.07 Å². The summed E-state index contributed by atoms with van der Waals surface area (Å²) in [4.78, 5) is 31.7. The molecule has 2 aromatic heterocycles. The molecule has 36 heavy (non-hydrogen) atoms. The Morgan fingerprint density at radius 1 is 1.19 bits per heavy atom. The summed E-state index contributed by atoms with van der Waals surface area (Å²) in [5.74, 6) is -8.72. The third kappa shape index (κ3) is 5.54. The number of likely N-dealkylation sites (tertiary alicyclic amines) is 1. The number of H-pyrrole nitrogens is 1. The summed E-state index contributed by atoms with van der Waals surface area (Å²) in [7, 11) is 0. The van der Waals surface area contributed by atoms with Crippen molar-refractivity contribution in [3.63, 3.8) is 0 Å². The summed E-state index contributed by atoms with van der Waals surface area (Å²) in [6, 6.07) is 5.05. The lowest BCUT2D eigenvalue weighted by atomic mass is 9.87. The first-order valence-electron chi connectivity index (χ1n) is 10.9. The number of aromatic amines is 1. The summed E-state index contributed by atoms with van der Waals surface area (Å²) in [5.41, 5.74) is -0.186. The Morgan fingerprint density at radius 2 is 1.97 bits per heavy atom. The second-order valence-corrected chi connectivity index (χ2v) is 8.39. The molecule has 1 fully saturated rings. The van der Waals surface area contributed by atoms with Gasteiger partial charge >= 0.3 is 0 Å². The minimum absolute atomic E-state index is 0.0760. The number of benzene rings is 1. The predicted octanol–water partition coefficient (Wildman–Crippen LogP) is 4.43. The van der Waals surface area contributed by atoms with Crippen LogP contribution in [0.2, 0.25) is 0 Å². The molecule has 1 aliphatic rings. The number of hydrogen-bond donors (Lipinski definition) is 2. The highest BCUT2D eigenvalue weighted by Gasteiger charge is 2.46. The van der Waals surface area contributed by atoms with Crippen LogP contribution < -0.4 is 15.6 Å². The lowest BCUT2D eigenvalue weighted by Crippen LogP contribution is -2.52. The number of nitrogens with one attached hydrogen (secondary N) is 2. The average Bonchev–Trinajstić information content (AvgIpc) is 2.82. The molecule has 0 bridgehead atoms. The SMILES string of the molecule is CC(C(=O)Nc1ncc(Oc2ccc(F)cc2F)cc1F)N1CCC(F)(F)[C@@H](c2ccc(=O)[nH]c2)C1. The monoisotopic (exact) mass is 508 g/mol. The lowest BCUT2D eigenvalue weighted by molar-refractivity contribution is -0.125. The van der Waals surface area contributed by atoms with E-state index in [0.29, 0.717) is 6.07 Å². The number of aromatic nitrogens is 2. The van der Waals surface area contributed by atoms with Crippen molar-refractivity contribution in [3.05, 3.63) is 82.2 Å². The topological polar surface area (TPSA) is 87.3 Å². The minimum atomic E-state index is -3.04. The Bertz CT molecular complexity index is 1310. The maximum atomic E-state index is 14.6. The zero-order chi connectivity index (χ0) is 26.0. The zero-order valence-corrected chi connectivity index (χ0v) is 18.9. The fourth-order valence-corrected chi connectivity index (χ4v) is 3.91. The van der Waals surface area contributed by atoms with Crippen LogP contribution in [0.15, 0.2) is 53.6 Å². The number of anilines is 1. The number of amides is 1. The molecular weight excluding hydrogens is 487 g/mol. The summed E-state index contributed by atoms with van der Waals surface area (Å²) >= 11 is 0. The second-order valence-electron chi connectivity index (χ2n) is 8.39. The van der Waals surface area contributed by atoms with E-state index in [2.05, 4.69) is 15.3 Å². The van der Waals surface area contributed by atoms with E-state index in [4.69, 9.17) is 4.74 Å². The third-order valence-corrected chi connectivity index (χ3v) is 5.98. The lowest BCUT2D eigenvalue weighted by Gasteiger charge is -2.40. The maximum absolute atomic E-state index is 14.6. The van der Waals surface area contributed by atoms with Gasteiger partial charge in [0.15, 0.2) is 23.2 Å². The molecule has 3 aromatic rings. The number of rotatable bonds is 6. The summed E-state index contributed by atoms with van der Waals surface area (Å²) in [5, 5.41) is 2.32. The normalized spacial score (nSPS) is 18.4. The van der Waals surface area contributed by atoms with Crippen LogP contribution in [-0.4, -0.2) is 45.8 Å². The highest BCUT2D eigenvalue weighted by Crippen LogP contribution is 2.40. The third-order valence-electron chi connectivity index (χ3n) is 5.98. The first-order chi connectivity index (χ1) is 17.0. The summed E-state index contributed by atoms with van der Waals surface area (Å²) < 4.78 is 75.7. The van der Waals surface area contributed by atoms with E-state index in [1.807, 2.05) is 0 Å². The molecule has 12 heteroatoms. The standard InChI is InChI=1S/C24H21F5N4O3/c1-13(33-7-6-24(28,29)17(12-33)14-2-5-21(34)30-10-14)23(35)32-22-19(27)9-16(11-31-22)36-20-4-3-15(25)8-18(20)26/h2-5,8-11,13,17H,6-7,12H2,1H3,(H,30,34)(H,31,32,35)/t13?,17-/m1/s1. The van der Waals surface area contributed by atoms with Crippen LogP contribution in [0.1, 0.15) is 24.8 Å². The van der Waals surface area contributed by atoms with Crippen LogP contribution >= 0.6 is 0 Å². The smallest absolute Gasteiger partial charge is 0.257 e. The Kier molecular flexibility index (Phi) is 7.07. The molecule has 190 valence electrons. The largest absolute Gasteiger partial charge is 0.453 e. The van der Waals surface area contributed by atoms with Gasteiger partial charge in [-0.25, -0.2) is 26.9 Å². The van der Waals surface area contributed by atoms with Crippen LogP contribution in [-0.2, 0) is 4.79 Å². The first kappa shape index (κ1) is 25.3. The van der Waals surface area contributed by atoms with Crippen LogP contribution in [0, 0.1) is 17.5 Å². The minimum Gasteiger partial charge on any atom is -0.453 e. The predicted molar refractivity (Wildman–Crippen MR) is 120 cm³/mol. The fraction of sp³-hybridized carbons (Fsp3) is 0.292. The van der Waals surface area contributed by atoms with E-state index in [1.54, 1.807) is 0 Å². The Labute approximate surface area is 201 Å². The number of ether oxygens (including phenoxy) is 1. The van der Waals surface area contributed by atoms with Crippen molar-refractivity contribution in [3.8, 4) is 11.5 Å². The van der Waals surface area contributed by atoms with Crippen molar-refractivity contribution in [2.45, 2.75) is 31.2 Å². The second kappa shape index (κ2) is 10.1. The molecule has 0 aliphatic carbocycles. The number of nitrogens with zero attached hydrogens (tertiary/aromatic N) is 2. The van der Waals surface area contributed by atoms with Crippen molar-refractivity contribution in [2.24, 2.45) is 0 Å². The average molecular weight is 508 g/mol. The van der Waals surface area contributed by atoms with E-state index in [-0.39, 0.29) is 30.2 Å². The van der Waals surface area contributed by atoms with Crippen LogP contribution in [0.3, 0.4) is 0 Å². The van der Waals surface area contributed by atoms with Gasteiger partial charge in [-0.05, 0) is 24.6 Å². The molecule has 1 aromatic carbocycles. The highest BCUT2D eigenvalue weighted by atomic mass is 19.3. The molecule has 1 aliphatic heterocycles. The molecular formula is C24H21F5N4O3. The Balaban J connectivity index is 1.43. The first-order valence-corrected chi connectivity index (χ1v) is 10.9. The molecule has 7 nitrogen and oxygen atoms in total. The molecule has 1 saturated heterocycles. The van der Waals surface area contributed by atoms with E-state index < -0.39 is 59.0 Å². The number of hydrogen-bond acceptors (Lipinski definition) is 5. The van der Waals surface area contributed by atoms with Crippen LogP contribution in [0.4, 0.5) is 27.8 Å². The van der Waals surface area contributed by atoms with Crippen molar-refractivity contribution < 1.29 is 31.5 Å². The molecule has 2 N–H and O–H groups in total. The molecule has 0 spiro atoms. The van der Waals surface area contributed by atoms with Gasteiger partial charge < -0.3 is 15.0 Å². The van der Waals surface area contributed by atoms with Gasteiger partial charge in [0, 0.05) is 43.9 Å². The number of carbonyl (C=O) groups excluding carboxylic acids is 1. The van der Waals surface area contributed by atoms with E-state index in [1.165, 1.54) is 24.1 Å². The summed E-state index contributed by atoms with van der Waals surface area (Å²) in [6.07, 6.45) is 1.77. The van der Waals surface area contributed by atoms with Gasteiger partial charge in [-0.2, -0.15) is 0 Å². The van der Waals surface area contributed by atoms with Gasteiger partial charge in [-0.3, -0.25) is 14.5 Å². The fourth-order valence-electron chi connectivity index (χ4n) is 3.91. The molecule has 0 radical (unpaired) electrons. The van der Waals surface area contributed by atoms with Crippen molar-refractivity contribution in [1.82, 2.24) is 14.9 Å². The molecule has 1 unspecified atom stereocenters. The summed E-state index contributed by atoms with van der Waals surface area (Å²) in [6.45, 7) is 1.25. The van der Waals surface area contributed by atoms with Gasteiger partial charge in [0.25, 0.3) is 5.92 Å². The molecule has 0 saturated carbocycles. The van der Waals surface area contributed by atoms with Gasteiger partial charge in [0.05, 0.1) is 18.2 Å². The molecule has 2 atom stereocenters. The van der Waals surface area contributed by atoms with Crippen LogP contribution in [0.25, 0.3) is 0 Å². The van der Waals surface area contributed by atoms with Crippen LogP contribution in [0.5, 0.6) is 11.5 Å². The van der Waals surface area contributed by atoms with E-state index in [0.717, 1.165) is 30.5 Å².